The van der Waals surface area contributed by atoms with Gasteiger partial charge in [-0.3, -0.25) is 0 Å². The summed E-state index contributed by atoms with van der Waals surface area (Å²) in [6.45, 7) is 5.82. The summed E-state index contributed by atoms with van der Waals surface area (Å²) in [6.07, 6.45) is 3.23. The predicted molar refractivity (Wildman–Crippen MR) is 74.3 cm³/mol. The Labute approximate surface area is 113 Å². The zero-order chi connectivity index (χ0) is 14.3. The van der Waals surface area contributed by atoms with Gasteiger partial charge in [-0.05, 0) is 31.9 Å². The Kier molecular flexibility index (Phi) is 5.57. The minimum Gasteiger partial charge on any atom is -0.337 e. The van der Waals surface area contributed by atoms with Crippen molar-refractivity contribution in [2.24, 2.45) is 0 Å². The highest BCUT2D eigenvalue weighted by Gasteiger charge is 2.16. The molecule has 6 heteroatoms. The van der Waals surface area contributed by atoms with Crippen LogP contribution in [0.3, 0.4) is 0 Å². The highest BCUT2D eigenvalue weighted by atomic mass is 32.2. The molecule has 0 aliphatic heterocycles. The molecule has 0 heterocycles. The summed E-state index contributed by atoms with van der Waals surface area (Å²) in [4.78, 5) is 11.5. The summed E-state index contributed by atoms with van der Waals surface area (Å²) in [5, 5.41) is 2.48. The van der Waals surface area contributed by atoms with Gasteiger partial charge in [0.2, 0.25) is 0 Å². The van der Waals surface area contributed by atoms with Gasteiger partial charge in [0.1, 0.15) is 0 Å². The zero-order valence-electron chi connectivity index (χ0n) is 10.8. The van der Waals surface area contributed by atoms with Crippen molar-refractivity contribution in [2.45, 2.75) is 24.7 Å². The largest absolute Gasteiger partial charge is 0.337 e. The van der Waals surface area contributed by atoms with Gasteiger partial charge in [-0.1, -0.05) is 23.8 Å². The maximum atomic E-state index is 11.9. The number of nitrogens with one attached hydrogen (secondary N) is 2. The van der Waals surface area contributed by atoms with Gasteiger partial charge in [0.05, 0.1) is 4.90 Å². The summed E-state index contributed by atoms with van der Waals surface area (Å²) in [6, 6.07) is 5.56. The summed E-state index contributed by atoms with van der Waals surface area (Å²) in [7, 11) is -3.80. The lowest BCUT2D eigenvalue weighted by atomic mass is 10.2. The lowest BCUT2D eigenvalue weighted by Gasteiger charge is -2.08. The third-order valence-corrected chi connectivity index (χ3v) is 3.78. The van der Waals surface area contributed by atoms with Crippen LogP contribution >= 0.6 is 0 Å². The van der Waals surface area contributed by atoms with Crippen LogP contribution in [0, 0.1) is 6.92 Å². The second-order valence-corrected chi connectivity index (χ2v) is 5.79. The lowest BCUT2D eigenvalue weighted by molar-refractivity contribution is 0.245. The van der Waals surface area contributed by atoms with Gasteiger partial charge in [-0.25, -0.2) is 17.9 Å². The van der Waals surface area contributed by atoms with E-state index in [9.17, 15) is 13.2 Å². The SMILES string of the molecule is C=CCCCNC(=O)NS(=O)(=O)c1ccc(C)cc1. The number of aryl methyl sites for hydroxylation is 1. The first-order valence-corrected chi connectivity index (χ1v) is 7.42. The topological polar surface area (TPSA) is 75.3 Å². The molecule has 0 spiro atoms. The van der Waals surface area contributed by atoms with Crippen LogP contribution in [0.4, 0.5) is 4.79 Å². The predicted octanol–water partition coefficient (Wildman–Crippen LogP) is 1.95. The Morgan fingerprint density at radius 3 is 2.53 bits per heavy atom. The van der Waals surface area contributed by atoms with Crippen LogP contribution in [0.5, 0.6) is 0 Å². The Hall–Kier alpha value is -1.82. The zero-order valence-corrected chi connectivity index (χ0v) is 11.7. The maximum absolute atomic E-state index is 11.9. The van der Waals surface area contributed by atoms with Crippen molar-refractivity contribution in [2.75, 3.05) is 6.54 Å². The number of allylic oxidation sites excluding steroid dienone is 1. The van der Waals surface area contributed by atoms with Crippen molar-refractivity contribution in [3.8, 4) is 0 Å². The number of benzene rings is 1. The lowest BCUT2D eigenvalue weighted by Crippen LogP contribution is -2.39. The highest BCUT2D eigenvalue weighted by Crippen LogP contribution is 2.09. The summed E-state index contributed by atoms with van der Waals surface area (Å²) in [5.74, 6) is 0. The van der Waals surface area contributed by atoms with Crippen LogP contribution < -0.4 is 10.0 Å². The maximum Gasteiger partial charge on any atom is 0.328 e. The molecule has 2 amide bonds. The van der Waals surface area contributed by atoms with Crippen LogP contribution in [-0.2, 0) is 10.0 Å². The fourth-order valence-corrected chi connectivity index (χ4v) is 2.31. The van der Waals surface area contributed by atoms with E-state index in [-0.39, 0.29) is 4.90 Å². The molecule has 0 atom stereocenters. The molecule has 104 valence electrons. The van der Waals surface area contributed by atoms with E-state index in [4.69, 9.17) is 0 Å². The van der Waals surface area contributed by atoms with Crippen LogP contribution in [0.2, 0.25) is 0 Å². The number of urea groups is 1. The van der Waals surface area contributed by atoms with Crippen molar-refractivity contribution < 1.29 is 13.2 Å². The number of carbonyl (C=O) groups excluding carboxylic acids is 1. The van der Waals surface area contributed by atoms with Crippen LogP contribution in [0.1, 0.15) is 18.4 Å². The second-order valence-electron chi connectivity index (χ2n) is 4.11. The number of hydrogen-bond acceptors (Lipinski definition) is 3. The molecule has 1 aromatic carbocycles. The molecule has 0 fully saturated rings. The Morgan fingerprint density at radius 2 is 1.95 bits per heavy atom. The van der Waals surface area contributed by atoms with Gasteiger partial charge in [0.25, 0.3) is 10.0 Å². The molecule has 2 N–H and O–H groups in total. The standard InChI is InChI=1S/C13H18N2O3S/c1-3-4-5-10-14-13(16)15-19(17,18)12-8-6-11(2)7-9-12/h3,6-9H,1,4-5,10H2,2H3,(H2,14,15,16). The third kappa shape index (κ3) is 5.13. The average molecular weight is 282 g/mol. The van der Waals surface area contributed by atoms with Gasteiger partial charge >= 0.3 is 6.03 Å². The van der Waals surface area contributed by atoms with E-state index in [1.165, 1.54) is 12.1 Å². The molecule has 0 aliphatic carbocycles. The molecular weight excluding hydrogens is 264 g/mol. The Morgan fingerprint density at radius 1 is 1.32 bits per heavy atom. The number of unbranched alkanes of at least 4 members (excludes halogenated alkanes) is 1. The van der Waals surface area contributed by atoms with Gasteiger partial charge in [0.15, 0.2) is 0 Å². The molecule has 0 radical (unpaired) electrons. The van der Waals surface area contributed by atoms with Gasteiger partial charge < -0.3 is 5.32 Å². The van der Waals surface area contributed by atoms with Crippen molar-refractivity contribution in [1.82, 2.24) is 10.0 Å². The molecule has 0 unspecified atom stereocenters. The first-order chi connectivity index (χ1) is 8.95. The van der Waals surface area contributed by atoms with Gasteiger partial charge in [0, 0.05) is 6.54 Å². The third-order valence-electron chi connectivity index (χ3n) is 2.43. The first-order valence-electron chi connectivity index (χ1n) is 5.94. The minimum absolute atomic E-state index is 0.0688. The van der Waals surface area contributed by atoms with E-state index in [0.717, 1.165) is 18.4 Å². The van der Waals surface area contributed by atoms with Crippen LogP contribution in [0.15, 0.2) is 41.8 Å². The highest BCUT2D eigenvalue weighted by molar-refractivity contribution is 7.90. The Bertz CT molecular complexity index is 536. The molecular formula is C13H18N2O3S. The van der Waals surface area contributed by atoms with Crippen molar-refractivity contribution >= 4 is 16.1 Å². The number of rotatable bonds is 6. The smallest absolute Gasteiger partial charge is 0.328 e. The van der Waals surface area contributed by atoms with Gasteiger partial charge in [-0.2, -0.15) is 0 Å². The molecule has 0 aliphatic rings. The summed E-state index contributed by atoms with van der Waals surface area (Å²) >= 11 is 0. The van der Waals surface area contributed by atoms with Gasteiger partial charge in [-0.15, -0.1) is 6.58 Å². The van der Waals surface area contributed by atoms with Crippen molar-refractivity contribution in [1.29, 1.82) is 0 Å². The van der Waals surface area contributed by atoms with Crippen LogP contribution in [-0.4, -0.2) is 21.0 Å². The van der Waals surface area contributed by atoms with E-state index in [1.54, 1.807) is 18.2 Å². The van der Waals surface area contributed by atoms with E-state index in [0.29, 0.717) is 6.54 Å². The Balaban J connectivity index is 2.57. The van der Waals surface area contributed by atoms with Crippen LogP contribution in [0.25, 0.3) is 0 Å². The minimum atomic E-state index is -3.80. The molecule has 5 nitrogen and oxygen atoms in total. The molecule has 1 rings (SSSR count). The summed E-state index contributed by atoms with van der Waals surface area (Å²) < 4.78 is 25.7. The summed E-state index contributed by atoms with van der Waals surface area (Å²) in [5.41, 5.74) is 0.952. The monoisotopic (exact) mass is 282 g/mol. The number of sulfonamides is 1. The molecule has 1 aromatic rings. The molecule has 0 bridgehead atoms. The van der Waals surface area contributed by atoms with Crippen molar-refractivity contribution in [3.63, 3.8) is 0 Å². The van der Waals surface area contributed by atoms with Crippen molar-refractivity contribution in [3.05, 3.63) is 42.5 Å². The average Bonchev–Trinajstić information content (AvgIpc) is 2.34. The quantitative estimate of drug-likeness (QED) is 0.618. The molecule has 0 saturated heterocycles. The van der Waals surface area contributed by atoms with E-state index < -0.39 is 16.1 Å². The number of hydrogen-bond donors (Lipinski definition) is 2. The van der Waals surface area contributed by atoms with E-state index in [2.05, 4.69) is 11.9 Å². The fourth-order valence-electron chi connectivity index (χ4n) is 1.38. The van der Waals surface area contributed by atoms with E-state index in [1.807, 2.05) is 11.6 Å². The number of carbonyl (C=O) groups is 1. The fraction of sp³-hybridized carbons (Fsp3) is 0.308. The second kappa shape index (κ2) is 6.94. The normalized spacial score (nSPS) is 10.8. The molecule has 0 aromatic heterocycles. The van der Waals surface area contributed by atoms with E-state index >= 15 is 0 Å². The molecule has 0 saturated carbocycles. The molecule has 19 heavy (non-hydrogen) atoms. The number of amides is 2. The first kappa shape index (κ1) is 15.2.